The summed E-state index contributed by atoms with van der Waals surface area (Å²) in [5.41, 5.74) is 1.21. The molecule has 0 radical (unpaired) electrons. The second kappa shape index (κ2) is 10.4. The molecule has 0 saturated heterocycles. The van der Waals surface area contributed by atoms with Crippen LogP contribution in [0.1, 0.15) is 25.0 Å². The SMILES string of the molecule is C=C(CCF)C(=O)Nc1ccc(-c2nnn(C)c2NC(=O)O[C@H](C)c2cccnc2F)nc1. The molecule has 3 aromatic rings. The van der Waals surface area contributed by atoms with Gasteiger partial charge < -0.3 is 10.1 Å². The molecule has 0 aromatic carbocycles. The predicted octanol–water partition coefficient (Wildman–Crippen LogP) is 3.58. The van der Waals surface area contributed by atoms with E-state index in [1.54, 1.807) is 19.2 Å². The molecule has 0 saturated carbocycles. The molecule has 0 bridgehead atoms. The Labute approximate surface area is 187 Å². The minimum absolute atomic E-state index is 0.0614. The Morgan fingerprint density at radius 3 is 2.70 bits per heavy atom. The van der Waals surface area contributed by atoms with Crippen molar-refractivity contribution in [2.75, 3.05) is 17.3 Å². The number of nitrogens with one attached hydrogen (secondary N) is 2. The van der Waals surface area contributed by atoms with E-state index in [2.05, 4.69) is 37.5 Å². The topological polar surface area (TPSA) is 124 Å². The van der Waals surface area contributed by atoms with Gasteiger partial charge in [0.25, 0.3) is 5.91 Å². The Kier molecular flexibility index (Phi) is 7.38. The van der Waals surface area contributed by atoms with Gasteiger partial charge in [-0.25, -0.2) is 14.5 Å². The molecule has 0 fully saturated rings. The highest BCUT2D eigenvalue weighted by Gasteiger charge is 2.21. The highest BCUT2D eigenvalue weighted by molar-refractivity contribution is 6.03. The van der Waals surface area contributed by atoms with Crippen molar-refractivity contribution in [1.29, 1.82) is 0 Å². The van der Waals surface area contributed by atoms with Crippen LogP contribution in [0.5, 0.6) is 0 Å². The van der Waals surface area contributed by atoms with E-state index in [-0.39, 0.29) is 29.1 Å². The van der Waals surface area contributed by atoms with Crippen molar-refractivity contribution in [2.45, 2.75) is 19.4 Å². The first-order valence-corrected chi connectivity index (χ1v) is 9.79. The van der Waals surface area contributed by atoms with Crippen LogP contribution in [0.2, 0.25) is 0 Å². The summed E-state index contributed by atoms with van der Waals surface area (Å²) >= 11 is 0. The van der Waals surface area contributed by atoms with Gasteiger partial charge in [-0.3, -0.25) is 19.5 Å². The number of ether oxygens (including phenoxy) is 1. The summed E-state index contributed by atoms with van der Waals surface area (Å²) in [5.74, 6) is -1.05. The normalized spacial score (nSPS) is 11.5. The van der Waals surface area contributed by atoms with Gasteiger partial charge in [-0.2, -0.15) is 4.39 Å². The first-order chi connectivity index (χ1) is 15.8. The van der Waals surface area contributed by atoms with Crippen molar-refractivity contribution in [1.82, 2.24) is 25.0 Å². The Morgan fingerprint density at radius 1 is 1.24 bits per heavy atom. The zero-order chi connectivity index (χ0) is 24.0. The molecule has 1 atom stereocenters. The fourth-order valence-corrected chi connectivity index (χ4v) is 2.78. The average molecular weight is 457 g/mol. The molecule has 3 rings (SSSR count). The second-order valence-electron chi connectivity index (χ2n) is 6.90. The zero-order valence-electron chi connectivity index (χ0n) is 17.9. The van der Waals surface area contributed by atoms with Crippen molar-refractivity contribution in [2.24, 2.45) is 7.05 Å². The van der Waals surface area contributed by atoms with Crippen LogP contribution in [0.25, 0.3) is 11.4 Å². The number of halogens is 2. The molecule has 0 aliphatic heterocycles. The number of alkyl halides is 1. The minimum Gasteiger partial charge on any atom is -0.441 e. The maximum absolute atomic E-state index is 13.8. The molecule has 172 valence electrons. The first kappa shape index (κ1) is 23.4. The molecular formula is C21H21F2N7O3. The molecule has 2 amide bonds. The van der Waals surface area contributed by atoms with E-state index in [1.165, 1.54) is 36.1 Å². The Bertz CT molecular complexity index is 1160. The Morgan fingerprint density at radius 2 is 2.03 bits per heavy atom. The first-order valence-electron chi connectivity index (χ1n) is 9.79. The third-order valence-electron chi connectivity index (χ3n) is 4.54. The fraction of sp³-hybridized carbons (Fsp3) is 0.238. The van der Waals surface area contributed by atoms with Crippen LogP contribution < -0.4 is 10.6 Å². The van der Waals surface area contributed by atoms with Crippen molar-refractivity contribution in [3.8, 4) is 11.4 Å². The summed E-state index contributed by atoms with van der Waals surface area (Å²) in [6.07, 6.45) is 0.862. The summed E-state index contributed by atoms with van der Waals surface area (Å²) < 4.78 is 32.7. The van der Waals surface area contributed by atoms with Gasteiger partial charge in [0.15, 0.2) is 11.5 Å². The summed E-state index contributed by atoms with van der Waals surface area (Å²) in [6.45, 7) is 4.36. The molecular weight excluding hydrogens is 436 g/mol. The van der Waals surface area contributed by atoms with E-state index in [0.717, 1.165) is 0 Å². The number of nitrogens with zero attached hydrogens (tertiary/aromatic N) is 5. The molecule has 33 heavy (non-hydrogen) atoms. The monoisotopic (exact) mass is 457 g/mol. The molecule has 2 N–H and O–H groups in total. The van der Waals surface area contributed by atoms with E-state index in [9.17, 15) is 18.4 Å². The lowest BCUT2D eigenvalue weighted by Crippen LogP contribution is -2.19. The van der Waals surface area contributed by atoms with E-state index in [0.29, 0.717) is 11.4 Å². The highest BCUT2D eigenvalue weighted by Crippen LogP contribution is 2.25. The van der Waals surface area contributed by atoms with Gasteiger partial charge in [0.2, 0.25) is 5.95 Å². The van der Waals surface area contributed by atoms with Crippen LogP contribution in [-0.2, 0) is 16.6 Å². The molecule has 3 heterocycles. The standard InChI is InChI=1S/C21H21F2N7O3/c1-12(8-9-22)20(31)26-14-6-7-16(25-11-14)17-19(30(3)29-28-17)27-21(32)33-13(2)15-5-4-10-24-18(15)23/h4-7,10-11,13H,1,8-9H2,2-3H3,(H,26,31)(H,27,32)/t13-/m1/s1. The van der Waals surface area contributed by atoms with E-state index in [4.69, 9.17) is 4.74 Å². The number of aromatic nitrogens is 5. The zero-order valence-corrected chi connectivity index (χ0v) is 17.9. The van der Waals surface area contributed by atoms with Gasteiger partial charge in [-0.05, 0) is 31.2 Å². The maximum Gasteiger partial charge on any atom is 0.413 e. The van der Waals surface area contributed by atoms with Gasteiger partial charge in [-0.15, -0.1) is 5.10 Å². The third kappa shape index (κ3) is 5.73. The lowest BCUT2D eigenvalue weighted by atomic mass is 10.2. The number of carbonyl (C=O) groups excluding carboxylic acids is 2. The predicted molar refractivity (Wildman–Crippen MR) is 115 cm³/mol. The van der Waals surface area contributed by atoms with Crippen molar-refractivity contribution in [3.05, 3.63) is 60.3 Å². The van der Waals surface area contributed by atoms with Crippen molar-refractivity contribution in [3.63, 3.8) is 0 Å². The van der Waals surface area contributed by atoms with Crippen LogP contribution in [0.3, 0.4) is 0 Å². The second-order valence-corrected chi connectivity index (χ2v) is 6.90. The van der Waals surface area contributed by atoms with Crippen LogP contribution in [0, 0.1) is 5.95 Å². The fourth-order valence-electron chi connectivity index (χ4n) is 2.78. The van der Waals surface area contributed by atoms with E-state index < -0.39 is 30.7 Å². The molecule has 10 nitrogen and oxygen atoms in total. The van der Waals surface area contributed by atoms with Crippen LogP contribution in [0.4, 0.5) is 25.1 Å². The van der Waals surface area contributed by atoms with Crippen molar-refractivity contribution < 1.29 is 23.1 Å². The number of amides is 2. The van der Waals surface area contributed by atoms with Gasteiger partial charge in [0, 0.05) is 30.8 Å². The van der Waals surface area contributed by atoms with Crippen LogP contribution in [-0.4, -0.2) is 43.6 Å². The maximum atomic E-state index is 13.8. The molecule has 0 aliphatic carbocycles. The number of hydrogen-bond donors (Lipinski definition) is 2. The number of hydrogen-bond acceptors (Lipinski definition) is 7. The summed E-state index contributed by atoms with van der Waals surface area (Å²) in [6, 6.07) is 6.12. The lowest BCUT2D eigenvalue weighted by molar-refractivity contribution is -0.113. The Hall–Kier alpha value is -4.22. The number of anilines is 2. The third-order valence-corrected chi connectivity index (χ3v) is 4.54. The smallest absolute Gasteiger partial charge is 0.413 e. The molecule has 12 heteroatoms. The summed E-state index contributed by atoms with van der Waals surface area (Å²) in [5, 5.41) is 13.0. The number of aryl methyl sites for hydroxylation is 1. The van der Waals surface area contributed by atoms with Gasteiger partial charge in [0.1, 0.15) is 6.10 Å². The van der Waals surface area contributed by atoms with E-state index in [1.807, 2.05) is 0 Å². The summed E-state index contributed by atoms with van der Waals surface area (Å²) in [7, 11) is 1.56. The van der Waals surface area contributed by atoms with Gasteiger partial charge in [-0.1, -0.05) is 11.8 Å². The quantitative estimate of drug-likeness (QED) is 0.391. The van der Waals surface area contributed by atoms with E-state index >= 15 is 0 Å². The average Bonchev–Trinajstić information content (AvgIpc) is 3.14. The van der Waals surface area contributed by atoms with Crippen molar-refractivity contribution >= 4 is 23.5 Å². The van der Waals surface area contributed by atoms with Gasteiger partial charge >= 0.3 is 6.09 Å². The van der Waals surface area contributed by atoms with Gasteiger partial charge in [0.05, 0.1) is 24.3 Å². The number of rotatable bonds is 8. The lowest BCUT2D eigenvalue weighted by Gasteiger charge is -2.14. The summed E-state index contributed by atoms with van der Waals surface area (Å²) in [4.78, 5) is 32.1. The molecule has 0 unspecified atom stereocenters. The van der Waals surface area contributed by atoms with Crippen LogP contribution >= 0.6 is 0 Å². The number of carbonyl (C=O) groups is 2. The molecule has 0 aliphatic rings. The Balaban J connectivity index is 1.70. The number of pyridine rings is 2. The molecule has 0 spiro atoms. The minimum atomic E-state index is -0.892. The highest BCUT2D eigenvalue weighted by atomic mass is 19.1. The largest absolute Gasteiger partial charge is 0.441 e. The molecule has 3 aromatic heterocycles. The van der Waals surface area contributed by atoms with Crippen LogP contribution in [0.15, 0.2) is 48.8 Å².